The third kappa shape index (κ3) is 14.1. The lowest BCUT2D eigenvalue weighted by Gasteiger charge is -2.44. The molecule has 7 aliphatic rings. The van der Waals surface area contributed by atoms with Crippen LogP contribution in [0.2, 0.25) is 0 Å². The third-order valence-corrected chi connectivity index (χ3v) is 31.0. The molecular weight excluding hydrogens is 1500 g/mol. The number of fused-ring (bicyclic) bond motifs is 6. The zero-order valence-corrected chi connectivity index (χ0v) is 64.9. The van der Waals surface area contributed by atoms with E-state index in [2.05, 4.69) is 35.3 Å². The van der Waals surface area contributed by atoms with Crippen LogP contribution in [0.5, 0.6) is 0 Å². The average molecular weight is 1580 g/mol. The van der Waals surface area contributed by atoms with Gasteiger partial charge in [0.2, 0.25) is 0 Å². The monoisotopic (exact) mass is 1580 g/mol. The number of halogens is 3. The number of hydrogen-bond acceptors (Lipinski definition) is 16. The topological polar surface area (TPSA) is 264 Å². The SMILES string of the molecule is CCn1ccc(S(=O)(=O)[C@H]2CCC3=Cc4c(cnn4-c4ccc(F)cc4)C[C@]3(C(=O)c3cc(C)ccn3)C2)n1.Cc1ccc(C(=O)[C@]23Cc4cnn(-c5ccc(F)cc5)c4C=C2CC[C@@H](S(=O)(=O)c2ccccc2)C3)nc1.O=C(c1ccccn1)[C@]12Cc3cnn(-c4ccc(F)cc4)c3C=C1CC[C@H](S(=O)(=O)C1CCCC1)C2. The Morgan fingerprint density at radius 1 is 0.442 bits per heavy atom. The average Bonchev–Trinajstić information content (AvgIpc) is 1.73. The molecule has 578 valence electrons. The molecule has 0 amide bonds. The maximum Gasteiger partial charge on any atom is 0.200 e. The summed E-state index contributed by atoms with van der Waals surface area (Å²) in [4.78, 5) is 56.1. The minimum absolute atomic E-state index is 0.0405. The Balaban J connectivity index is 0.000000128. The van der Waals surface area contributed by atoms with Crippen molar-refractivity contribution in [2.75, 3.05) is 0 Å². The summed E-state index contributed by atoms with van der Waals surface area (Å²) in [6.45, 7) is 6.27. The highest BCUT2D eigenvalue weighted by molar-refractivity contribution is 7.93. The summed E-state index contributed by atoms with van der Waals surface area (Å²) in [5.74, 6) is -1.47. The van der Waals surface area contributed by atoms with Crippen LogP contribution in [0.4, 0.5) is 13.2 Å². The van der Waals surface area contributed by atoms with E-state index in [9.17, 15) is 52.8 Å². The Hall–Kier alpha value is -11.0. The smallest absolute Gasteiger partial charge is 0.200 e. The minimum Gasteiger partial charge on any atom is -0.291 e. The van der Waals surface area contributed by atoms with Crippen molar-refractivity contribution in [1.29, 1.82) is 0 Å². The number of pyridine rings is 3. The molecule has 0 saturated heterocycles. The number of sulfone groups is 3. The molecule has 7 aromatic heterocycles. The molecule has 4 saturated carbocycles. The van der Waals surface area contributed by atoms with Crippen molar-refractivity contribution in [2.24, 2.45) is 16.2 Å². The van der Waals surface area contributed by atoms with Crippen molar-refractivity contribution in [3.8, 4) is 17.1 Å². The lowest BCUT2D eigenvalue weighted by atomic mass is 9.61. The Morgan fingerprint density at radius 3 is 1.33 bits per heavy atom. The van der Waals surface area contributed by atoms with E-state index < -0.39 is 61.5 Å². The molecule has 0 aliphatic heterocycles. The molecule has 0 unspecified atom stereocenters. The summed E-state index contributed by atoms with van der Waals surface area (Å²) >= 11 is 0. The summed E-state index contributed by atoms with van der Waals surface area (Å²) in [5, 5.41) is 15.7. The first-order valence-corrected chi connectivity index (χ1v) is 42.9. The van der Waals surface area contributed by atoms with Crippen molar-refractivity contribution in [2.45, 2.75) is 161 Å². The number of aryl methyl sites for hydroxylation is 3. The van der Waals surface area contributed by atoms with E-state index >= 15 is 0 Å². The Kier molecular flexibility index (Phi) is 20.3. The number of Topliss-reactive ketones (excluding diaryl/α,β-unsaturated/α-hetero) is 3. The van der Waals surface area contributed by atoms with Crippen LogP contribution in [0, 0.1) is 47.5 Å². The lowest BCUT2D eigenvalue weighted by Crippen LogP contribution is -2.47. The highest BCUT2D eigenvalue weighted by Gasteiger charge is 2.56. The molecule has 18 rings (SSSR count). The molecule has 26 heteroatoms. The van der Waals surface area contributed by atoms with E-state index in [0.29, 0.717) is 92.8 Å². The van der Waals surface area contributed by atoms with Gasteiger partial charge < -0.3 is 0 Å². The Bertz CT molecular complexity index is 5980. The summed E-state index contributed by atoms with van der Waals surface area (Å²) in [7, 11) is -10.8. The van der Waals surface area contributed by atoms with E-state index in [-0.39, 0.29) is 69.2 Å². The fourth-order valence-corrected chi connectivity index (χ4v) is 24.1. The zero-order valence-electron chi connectivity index (χ0n) is 62.5. The zero-order chi connectivity index (χ0) is 78.8. The van der Waals surface area contributed by atoms with Gasteiger partial charge in [-0.15, -0.1) is 0 Å². The second kappa shape index (κ2) is 30.2. The van der Waals surface area contributed by atoms with Crippen molar-refractivity contribution in [3.05, 3.63) is 291 Å². The van der Waals surface area contributed by atoms with Crippen molar-refractivity contribution in [3.63, 3.8) is 0 Å². The summed E-state index contributed by atoms with van der Waals surface area (Å²) < 4.78 is 130. The molecule has 6 atom stereocenters. The van der Waals surface area contributed by atoms with E-state index in [1.165, 1.54) is 42.5 Å². The molecule has 0 N–H and O–H groups in total. The molecule has 7 heterocycles. The second-order valence-corrected chi connectivity index (χ2v) is 37.7. The van der Waals surface area contributed by atoms with Gasteiger partial charge in [0.1, 0.15) is 34.5 Å². The maximum atomic E-state index is 14.3. The number of benzene rings is 4. The van der Waals surface area contributed by atoms with Gasteiger partial charge in [0.05, 0.1) is 94.9 Å². The van der Waals surface area contributed by atoms with Crippen molar-refractivity contribution < 1.29 is 52.8 Å². The van der Waals surface area contributed by atoms with Gasteiger partial charge in [-0.05, 0) is 278 Å². The number of hydrogen-bond donors (Lipinski definition) is 0. The standard InChI is InChI=1S/C30H26FN3O3S.C29H28FN5O3S.C28H28FN3O3S/c1-20-7-14-27(32-18-20)29(35)30-16-21-19-33-34(24-11-9-23(31)10-12-24)28(21)15-22(30)8-13-26(17-30)38(36,37)25-5-3-2-4-6-25;1-3-34-13-11-27(33-34)39(37,38)24-9-4-21-15-26-20(18-32-35(26)23-7-5-22(30)6-8-23)16-29(21,17-24)28(36)25-14-19(2)10-12-31-25;29-21-9-11-22(12-10-21)32-26-15-20-8-13-24(36(34,35)23-5-1-2-6-23)17-28(20,16-19(26)18-31-32)27(33)25-7-3-4-14-30-25/h2-7,9-12,14-15,18-19,26H,8,13,16-17H2,1H3;5-8,10-15,18,24H,3-4,9,16-17H2,1-2H3;3-4,7,9-12,14-15,18,23-24H,1-2,5-6,8,13,16-17H2/t26-,30+;24-,29-;24-,28-/m100/s1. The molecule has 7 aliphatic carbocycles. The fourth-order valence-electron chi connectivity index (χ4n) is 18.0. The number of aromatic nitrogens is 11. The summed E-state index contributed by atoms with van der Waals surface area (Å²) in [6, 6.07) is 40.7. The highest BCUT2D eigenvalue weighted by atomic mass is 32.2. The number of allylic oxidation sites excluding steroid dienone is 3. The van der Waals surface area contributed by atoms with E-state index in [1.54, 1.807) is 159 Å². The van der Waals surface area contributed by atoms with E-state index in [1.807, 2.05) is 51.1 Å². The first-order valence-electron chi connectivity index (χ1n) is 38.2. The van der Waals surface area contributed by atoms with Crippen LogP contribution < -0.4 is 0 Å². The molecule has 11 aromatic rings. The second-order valence-electron chi connectivity index (χ2n) is 30.8. The van der Waals surface area contributed by atoms with Crippen LogP contribution in [-0.2, 0) is 55.3 Å². The highest BCUT2D eigenvalue weighted by Crippen LogP contribution is 2.56. The van der Waals surface area contributed by atoms with Crippen molar-refractivity contribution in [1.82, 2.24) is 54.1 Å². The van der Waals surface area contributed by atoms with Crippen molar-refractivity contribution >= 4 is 65.1 Å². The van der Waals surface area contributed by atoms with Crippen LogP contribution in [0.15, 0.2) is 222 Å². The molecule has 20 nitrogen and oxygen atoms in total. The molecule has 0 radical (unpaired) electrons. The Morgan fingerprint density at radius 2 is 0.885 bits per heavy atom. The van der Waals surface area contributed by atoms with E-state index in [0.717, 1.165) is 93.0 Å². The van der Waals surface area contributed by atoms with Crippen LogP contribution in [-0.4, -0.2) is 118 Å². The van der Waals surface area contributed by atoms with Gasteiger partial charge >= 0.3 is 0 Å². The molecule has 113 heavy (non-hydrogen) atoms. The maximum absolute atomic E-state index is 14.3. The molecule has 4 fully saturated rings. The fraction of sp³-hybridized carbons (Fsp3) is 0.310. The predicted molar refractivity (Wildman–Crippen MR) is 421 cm³/mol. The number of rotatable bonds is 16. The van der Waals surface area contributed by atoms with Crippen LogP contribution in [0.1, 0.15) is 167 Å². The Labute approximate surface area is 653 Å². The van der Waals surface area contributed by atoms with E-state index in [4.69, 9.17) is 0 Å². The number of carbonyl (C=O) groups excluding carboxylic acids is 3. The predicted octanol–water partition coefficient (Wildman–Crippen LogP) is 15.4. The van der Waals surface area contributed by atoms with Crippen LogP contribution >= 0.6 is 0 Å². The van der Waals surface area contributed by atoms with Gasteiger partial charge in [0, 0.05) is 31.3 Å². The van der Waals surface area contributed by atoms with Crippen LogP contribution in [0.25, 0.3) is 35.3 Å². The molecule has 0 bridgehead atoms. The summed E-state index contributed by atoms with van der Waals surface area (Å²) in [5.41, 5.74) is 9.68. The first-order chi connectivity index (χ1) is 54.4. The minimum atomic E-state index is -3.77. The molecular formula is C87H82F3N11O9S3. The number of ketones is 3. The summed E-state index contributed by atoms with van der Waals surface area (Å²) in [6.07, 6.45) is 25.3. The van der Waals surface area contributed by atoms with Gasteiger partial charge in [-0.25, -0.2) is 52.5 Å². The molecule has 0 spiro atoms. The van der Waals surface area contributed by atoms with Gasteiger partial charge in [0.15, 0.2) is 51.9 Å². The van der Waals surface area contributed by atoms with Gasteiger partial charge in [-0.2, -0.15) is 20.4 Å². The quantitative estimate of drug-likeness (QED) is 0.0814. The number of carbonyl (C=O) groups is 3. The third-order valence-electron chi connectivity index (χ3n) is 24.0. The van der Waals surface area contributed by atoms with Gasteiger partial charge in [0.25, 0.3) is 0 Å². The van der Waals surface area contributed by atoms with Gasteiger partial charge in [-0.3, -0.25) is 34.0 Å². The van der Waals surface area contributed by atoms with Crippen LogP contribution in [0.3, 0.4) is 0 Å². The first kappa shape index (κ1) is 76.0. The normalized spacial score (nSPS) is 21.8. The lowest BCUT2D eigenvalue weighted by molar-refractivity contribution is 0.0790. The molecule has 4 aromatic carbocycles. The largest absolute Gasteiger partial charge is 0.291 e. The van der Waals surface area contributed by atoms with Gasteiger partial charge in [-0.1, -0.05) is 59.9 Å². The number of nitrogens with zero attached hydrogens (tertiary/aromatic N) is 11.